The van der Waals surface area contributed by atoms with Gasteiger partial charge in [0.25, 0.3) is 0 Å². The van der Waals surface area contributed by atoms with E-state index in [0.29, 0.717) is 25.0 Å². The molecule has 3 heterocycles. The van der Waals surface area contributed by atoms with Crippen LogP contribution in [0, 0.1) is 5.82 Å². The summed E-state index contributed by atoms with van der Waals surface area (Å²) in [5, 5.41) is 0. The van der Waals surface area contributed by atoms with Crippen molar-refractivity contribution in [1.29, 1.82) is 0 Å². The number of halogens is 1. The molecule has 3 aliphatic heterocycles. The van der Waals surface area contributed by atoms with Gasteiger partial charge in [0.05, 0.1) is 18.0 Å². The lowest BCUT2D eigenvalue weighted by molar-refractivity contribution is -0.144. The number of unbranched alkanes of at least 4 members (excludes halogenated alkanes) is 6. The fraction of sp³-hybridized carbons (Fsp3) is 0.639. The Morgan fingerprint density at radius 1 is 0.952 bits per heavy atom. The number of esters is 1. The van der Waals surface area contributed by atoms with E-state index >= 15 is 0 Å². The quantitative estimate of drug-likeness (QED) is 0.150. The van der Waals surface area contributed by atoms with Gasteiger partial charge in [0.15, 0.2) is 0 Å². The summed E-state index contributed by atoms with van der Waals surface area (Å²) in [5.41, 5.74) is 5.57. The lowest BCUT2D eigenvalue weighted by Crippen LogP contribution is -2.49. The molecule has 1 fully saturated rings. The number of rotatable bonds is 16. The predicted octanol–water partition coefficient (Wildman–Crippen LogP) is 7.89. The van der Waals surface area contributed by atoms with Crippen molar-refractivity contribution in [3.8, 4) is 0 Å². The van der Waals surface area contributed by atoms with Gasteiger partial charge in [-0.15, -0.1) is 0 Å². The first-order valence-corrected chi connectivity index (χ1v) is 16.8. The van der Waals surface area contributed by atoms with Crippen LogP contribution in [-0.2, 0) is 9.53 Å². The van der Waals surface area contributed by atoms with E-state index < -0.39 is 0 Å². The molecule has 0 N–H and O–H groups in total. The number of hydrogen-bond acceptors (Lipinski definition) is 5. The summed E-state index contributed by atoms with van der Waals surface area (Å²) in [6.07, 6.45) is 13.0. The van der Waals surface area contributed by atoms with Gasteiger partial charge in [-0.2, -0.15) is 0 Å². The summed E-state index contributed by atoms with van der Waals surface area (Å²) in [5.74, 6) is 0.576. The highest BCUT2D eigenvalue weighted by atomic mass is 19.1. The van der Waals surface area contributed by atoms with E-state index in [4.69, 9.17) is 4.74 Å². The lowest BCUT2D eigenvalue weighted by Gasteiger charge is -2.41. The highest BCUT2D eigenvalue weighted by Crippen LogP contribution is 2.50. The van der Waals surface area contributed by atoms with Crippen molar-refractivity contribution in [1.82, 2.24) is 4.90 Å². The minimum Gasteiger partial charge on any atom is -0.466 e. The third-order valence-electron chi connectivity index (χ3n) is 9.96. The fourth-order valence-electron chi connectivity index (χ4n) is 7.57. The summed E-state index contributed by atoms with van der Waals surface area (Å²) < 4.78 is 19.3. The zero-order chi connectivity index (χ0) is 29.3. The number of piperidine rings is 1. The maximum atomic E-state index is 13.7. The van der Waals surface area contributed by atoms with E-state index in [0.717, 1.165) is 70.4 Å². The monoisotopic (exact) mass is 577 g/mol. The number of nitrogens with zero attached hydrogens (tertiary/aromatic N) is 3. The second-order valence-electron chi connectivity index (χ2n) is 12.9. The number of carbonyl (C=O) groups excluding carboxylic acids is 1. The smallest absolute Gasteiger partial charge is 0.305 e. The number of likely N-dealkylation sites (tertiary alicyclic amines) is 1. The molecule has 0 radical (unpaired) electrons. The van der Waals surface area contributed by atoms with Gasteiger partial charge in [-0.1, -0.05) is 69.7 Å². The molecule has 2 aromatic rings. The summed E-state index contributed by atoms with van der Waals surface area (Å²) >= 11 is 0. The van der Waals surface area contributed by atoms with Crippen LogP contribution in [0.5, 0.6) is 0 Å². The third-order valence-corrected chi connectivity index (χ3v) is 9.96. The summed E-state index contributed by atoms with van der Waals surface area (Å²) in [6, 6.07) is 14.4. The van der Waals surface area contributed by atoms with Crippen molar-refractivity contribution in [2.45, 2.75) is 102 Å². The molecule has 0 aromatic heterocycles. The molecular weight excluding hydrogens is 525 g/mol. The predicted molar refractivity (Wildman–Crippen MR) is 171 cm³/mol. The molecular formula is C36H52FN3O2. The lowest BCUT2D eigenvalue weighted by atomic mass is 9.88. The molecule has 1 saturated heterocycles. The van der Waals surface area contributed by atoms with Gasteiger partial charge in [-0.05, 0) is 73.9 Å². The van der Waals surface area contributed by atoms with Crippen LogP contribution in [0.2, 0.25) is 0 Å². The van der Waals surface area contributed by atoms with Crippen LogP contribution in [0.4, 0.5) is 15.8 Å². The second-order valence-corrected chi connectivity index (χ2v) is 12.9. The zero-order valence-corrected chi connectivity index (χ0v) is 26.0. The Hall–Kier alpha value is -2.60. The Bertz CT molecular complexity index is 1140. The van der Waals surface area contributed by atoms with E-state index in [-0.39, 0.29) is 17.7 Å². The van der Waals surface area contributed by atoms with Gasteiger partial charge in [-0.3, -0.25) is 4.79 Å². The standard InChI is InChI=1S/C36H52FN3O2/c1-3-4-5-6-7-8-9-15-35(41)42-26-21-28(29-16-18-30(37)19-17-29)12-11-22-39-23-20-33-32(27-39)31-13-10-14-34-36(31)40(33)25-24-38(34)2/h10,13-14,16-19,28,32-33H,3-9,11-12,15,20-27H2,1-2H3/t28?,32-,33-/m0/s1. The van der Waals surface area contributed by atoms with E-state index in [1.54, 1.807) is 12.1 Å². The van der Waals surface area contributed by atoms with Crippen molar-refractivity contribution < 1.29 is 13.9 Å². The largest absolute Gasteiger partial charge is 0.466 e. The number of benzene rings is 2. The number of hydrogen-bond donors (Lipinski definition) is 0. The fourth-order valence-corrected chi connectivity index (χ4v) is 7.57. The Kier molecular flexibility index (Phi) is 11.2. The molecule has 5 nitrogen and oxygen atoms in total. The first-order valence-electron chi connectivity index (χ1n) is 16.8. The van der Waals surface area contributed by atoms with Crippen LogP contribution >= 0.6 is 0 Å². The van der Waals surface area contributed by atoms with Gasteiger partial charge in [0.1, 0.15) is 5.82 Å². The number of anilines is 2. The van der Waals surface area contributed by atoms with Crippen molar-refractivity contribution in [2.24, 2.45) is 0 Å². The van der Waals surface area contributed by atoms with Crippen molar-refractivity contribution >= 4 is 17.3 Å². The number of likely N-dealkylation sites (N-methyl/N-ethyl adjacent to an activating group) is 1. The van der Waals surface area contributed by atoms with Crippen molar-refractivity contribution in [2.75, 3.05) is 56.2 Å². The SMILES string of the molecule is CCCCCCCCCC(=O)OCCC(CCCN1CC[C@H]2[C@@H](C1)c1cccc3c1N2CCN3C)c1ccc(F)cc1. The van der Waals surface area contributed by atoms with E-state index in [2.05, 4.69) is 46.9 Å². The zero-order valence-electron chi connectivity index (χ0n) is 26.0. The minimum atomic E-state index is -0.203. The Morgan fingerprint density at radius 3 is 2.55 bits per heavy atom. The average Bonchev–Trinajstić information content (AvgIpc) is 3.32. The highest BCUT2D eigenvalue weighted by Gasteiger charge is 2.44. The highest BCUT2D eigenvalue weighted by molar-refractivity contribution is 5.80. The summed E-state index contributed by atoms with van der Waals surface area (Å²) in [6.45, 7) is 8.25. The van der Waals surface area contributed by atoms with E-state index in [1.807, 2.05) is 12.1 Å². The van der Waals surface area contributed by atoms with Crippen LogP contribution in [0.1, 0.15) is 107 Å². The molecule has 230 valence electrons. The summed E-state index contributed by atoms with van der Waals surface area (Å²) in [4.78, 5) is 20.1. The van der Waals surface area contributed by atoms with Crippen LogP contribution < -0.4 is 9.80 Å². The average molecular weight is 578 g/mol. The van der Waals surface area contributed by atoms with Crippen molar-refractivity contribution in [3.05, 3.63) is 59.4 Å². The molecule has 0 saturated carbocycles. The molecule has 0 bridgehead atoms. The molecule has 2 aromatic carbocycles. The Morgan fingerprint density at radius 2 is 1.74 bits per heavy atom. The maximum absolute atomic E-state index is 13.7. The van der Waals surface area contributed by atoms with Crippen molar-refractivity contribution in [3.63, 3.8) is 0 Å². The summed E-state index contributed by atoms with van der Waals surface area (Å²) in [7, 11) is 2.22. The number of carbonyl (C=O) groups is 1. The molecule has 0 spiro atoms. The van der Waals surface area contributed by atoms with Gasteiger partial charge in [0, 0.05) is 51.6 Å². The van der Waals surface area contributed by atoms with E-state index in [1.165, 1.54) is 55.5 Å². The van der Waals surface area contributed by atoms with Crippen LogP contribution in [-0.4, -0.2) is 63.3 Å². The van der Waals surface area contributed by atoms with Gasteiger partial charge >= 0.3 is 5.97 Å². The molecule has 0 amide bonds. The topological polar surface area (TPSA) is 36.0 Å². The first kappa shape index (κ1) is 30.8. The van der Waals surface area contributed by atoms with Crippen LogP contribution in [0.3, 0.4) is 0 Å². The number of para-hydroxylation sites is 1. The number of ether oxygens (including phenoxy) is 1. The normalized spacial score (nSPS) is 20.4. The molecule has 5 rings (SSSR count). The third kappa shape index (κ3) is 7.67. The molecule has 42 heavy (non-hydrogen) atoms. The Balaban J connectivity index is 1.08. The second kappa shape index (κ2) is 15.2. The molecule has 0 aliphatic carbocycles. The maximum Gasteiger partial charge on any atom is 0.305 e. The van der Waals surface area contributed by atoms with Crippen LogP contribution in [0.25, 0.3) is 0 Å². The molecule has 6 heteroatoms. The number of fused-ring (bicyclic) bond motifs is 3. The minimum absolute atomic E-state index is 0.0755. The van der Waals surface area contributed by atoms with Gasteiger partial charge in [0.2, 0.25) is 0 Å². The van der Waals surface area contributed by atoms with Gasteiger partial charge in [-0.25, -0.2) is 4.39 Å². The molecule has 3 aliphatic rings. The van der Waals surface area contributed by atoms with Gasteiger partial charge < -0.3 is 19.4 Å². The van der Waals surface area contributed by atoms with Crippen LogP contribution in [0.15, 0.2) is 42.5 Å². The van der Waals surface area contributed by atoms with E-state index in [9.17, 15) is 9.18 Å². The Labute approximate surface area is 253 Å². The molecule has 1 unspecified atom stereocenters. The molecule has 3 atom stereocenters. The first-order chi connectivity index (χ1) is 20.5.